The van der Waals surface area contributed by atoms with Gasteiger partial charge < -0.3 is 14.6 Å². The second-order valence-electron chi connectivity index (χ2n) is 3.54. The van der Waals surface area contributed by atoms with E-state index in [1.165, 1.54) is 14.2 Å². The van der Waals surface area contributed by atoms with Crippen LogP contribution in [0.5, 0.6) is 5.75 Å². The molecular weight excluding hydrogens is 236 g/mol. The molecule has 0 aromatic heterocycles. The zero-order valence-corrected chi connectivity index (χ0v) is 10.2. The number of hydrogen-bond acceptors (Lipinski definition) is 4. The maximum atomic E-state index is 11.5. The summed E-state index contributed by atoms with van der Waals surface area (Å²) in [5, 5.41) is 8.85. The van der Waals surface area contributed by atoms with Crippen molar-refractivity contribution in [2.45, 2.75) is 6.42 Å². The smallest absolute Gasteiger partial charge is 0.337 e. The van der Waals surface area contributed by atoms with E-state index >= 15 is 0 Å². The summed E-state index contributed by atoms with van der Waals surface area (Å²) in [7, 11) is 2.67. The molecule has 0 fully saturated rings. The fraction of sp³-hybridized carbons (Fsp3) is 0.231. The van der Waals surface area contributed by atoms with Crippen molar-refractivity contribution >= 4 is 17.5 Å². The molecule has 1 rings (SSSR count). The van der Waals surface area contributed by atoms with Crippen LogP contribution in [0.3, 0.4) is 0 Å². The molecular formula is C13H14O5. The predicted molar refractivity (Wildman–Crippen MR) is 65.4 cm³/mol. The largest absolute Gasteiger partial charge is 0.496 e. The fourth-order valence-electron chi connectivity index (χ4n) is 1.62. The average Bonchev–Trinajstić information content (AvgIpc) is 2.35. The molecule has 96 valence electrons. The molecule has 0 heterocycles. The molecule has 18 heavy (non-hydrogen) atoms. The van der Waals surface area contributed by atoms with Gasteiger partial charge >= 0.3 is 11.9 Å². The van der Waals surface area contributed by atoms with Crippen molar-refractivity contribution in [2.75, 3.05) is 14.2 Å². The summed E-state index contributed by atoms with van der Waals surface area (Å²) in [6.07, 6.45) is -0.220. The first-order valence-electron chi connectivity index (χ1n) is 5.16. The number of carboxylic acid groups (broad SMARTS) is 1. The highest BCUT2D eigenvalue weighted by molar-refractivity contribution is 6.17. The zero-order chi connectivity index (χ0) is 13.7. The molecule has 1 aromatic rings. The normalized spacial score (nSPS) is 9.67. The SMILES string of the molecule is C=C(C(=O)OC)c1c(CC(=O)O)cccc1OC. The molecule has 0 aliphatic heterocycles. The minimum Gasteiger partial charge on any atom is -0.496 e. The van der Waals surface area contributed by atoms with E-state index in [9.17, 15) is 9.59 Å². The number of carboxylic acids is 1. The Hall–Kier alpha value is -2.30. The lowest BCUT2D eigenvalue weighted by Crippen LogP contribution is -2.09. The third-order valence-corrected chi connectivity index (χ3v) is 2.41. The predicted octanol–water partition coefficient (Wildman–Crippen LogP) is 1.51. The van der Waals surface area contributed by atoms with Gasteiger partial charge in [-0.15, -0.1) is 0 Å². The van der Waals surface area contributed by atoms with Gasteiger partial charge in [-0.05, 0) is 11.6 Å². The van der Waals surface area contributed by atoms with E-state index in [0.29, 0.717) is 16.9 Å². The van der Waals surface area contributed by atoms with Crippen LogP contribution < -0.4 is 4.74 Å². The molecule has 5 heteroatoms. The highest BCUT2D eigenvalue weighted by atomic mass is 16.5. The lowest BCUT2D eigenvalue weighted by molar-refractivity contribution is -0.136. The maximum Gasteiger partial charge on any atom is 0.337 e. The molecule has 0 spiro atoms. The summed E-state index contributed by atoms with van der Waals surface area (Å²) in [6, 6.07) is 4.90. The quantitative estimate of drug-likeness (QED) is 0.633. The molecule has 0 saturated heterocycles. The Morgan fingerprint density at radius 2 is 2.00 bits per heavy atom. The zero-order valence-electron chi connectivity index (χ0n) is 10.2. The minimum atomic E-state index is -0.998. The molecule has 0 radical (unpaired) electrons. The second kappa shape index (κ2) is 5.86. The summed E-state index contributed by atoms with van der Waals surface area (Å²) >= 11 is 0. The molecule has 5 nitrogen and oxygen atoms in total. The van der Waals surface area contributed by atoms with Crippen molar-refractivity contribution < 1.29 is 24.2 Å². The standard InChI is InChI=1S/C13H14O5/c1-8(13(16)18-3)12-9(7-11(14)15)5-4-6-10(12)17-2/h4-6H,1,7H2,2-3H3,(H,14,15). The lowest BCUT2D eigenvalue weighted by atomic mass is 9.97. The van der Waals surface area contributed by atoms with Gasteiger partial charge in [-0.3, -0.25) is 4.79 Å². The van der Waals surface area contributed by atoms with Crippen molar-refractivity contribution in [3.05, 3.63) is 35.9 Å². The monoisotopic (exact) mass is 250 g/mol. The van der Waals surface area contributed by atoms with Crippen molar-refractivity contribution in [3.63, 3.8) is 0 Å². The van der Waals surface area contributed by atoms with Crippen molar-refractivity contribution in [3.8, 4) is 5.75 Å². The number of methoxy groups -OCH3 is 2. The molecule has 0 aliphatic rings. The van der Waals surface area contributed by atoms with Gasteiger partial charge in [-0.2, -0.15) is 0 Å². The Morgan fingerprint density at radius 1 is 1.33 bits per heavy atom. The molecule has 0 unspecified atom stereocenters. The van der Waals surface area contributed by atoms with Gasteiger partial charge in [-0.25, -0.2) is 4.79 Å². The molecule has 0 bridgehead atoms. The average molecular weight is 250 g/mol. The Morgan fingerprint density at radius 3 is 2.50 bits per heavy atom. The molecule has 0 amide bonds. The topological polar surface area (TPSA) is 72.8 Å². The maximum absolute atomic E-state index is 11.5. The van der Waals surface area contributed by atoms with Gasteiger partial charge in [0.15, 0.2) is 0 Å². The van der Waals surface area contributed by atoms with Crippen LogP contribution in [0, 0.1) is 0 Å². The van der Waals surface area contributed by atoms with Gasteiger partial charge in [0, 0.05) is 5.56 Å². The van der Waals surface area contributed by atoms with Crippen molar-refractivity contribution in [1.29, 1.82) is 0 Å². The van der Waals surface area contributed by atoms with Gasteiger partial charge in [0.1, 0.15) is 5.75 Å². The summed E-state index contributed by atoms with van der Waals surface area (Å²) < 4.78 is 9.71. The Balaban J connectivity index is 3.31. The third kappa shape index (κ3) is 2.88. The van der Waals surface area contributed by atoms with Gasteiger partial charge in [0.05, 0.1) is 26.2 Å². The van der Waals surface area contributed by atoms with E-state index in [1.54, 1.807) is 18.2 Å². The van der Waals surface area contributed by atoms with Crippen LogP contribution in [-0.4, -0.2) is 31.3 Å². The second-order valence-corrected chi connectivity index (χ2v) is 3.54. The number of esters is 1. The fourth-order valence-corrected chi connectivity index (χ4v) is 1.62. The molecule has 1 aromatic carbocycles. The van der Waals surface area contributed by atoms with Crippen LogP contribution in [0.4, 0.5) is 0 Å². The van der Waals surface area contributed by atoms with Crippen molar-refractivity contribution in [1.82, 2.24) is 0 Å². The van der Waals surface area contributed by atoms with Crippen LogP contribution >= 0.6 is 0 Å². The summed E-state index contributed by atoms with van der Waals surface area (Å²) in [5.41, 5.74) is 0.901. The Kier molecular flexibility index (Phi) is 4.48. The Bertz CT molecular complexity index is 490. The van der Waals surface area contributed by atoms with Crippen molar-refractivity contribution in [2.24, 2.45) is 0 Å². The molecule has 1 N–H and O–H groups in total. The number of benzene rings is 1. The number of carbonyl (C=O) groups is 2. The van der Waals surface area contributed by atoms with E-state index in [4.69, 9.17) is 9.84 Å². The van der Waals surface area contributed by atoms with Gasteiger partial charge in [0.2, 0.25) is 0 Å². The van der Waals surface area contributed by atoms with Gasteiger partial charge in [0.25, 0.3) is 0 Å². The summed E-state index contributed by atoms with van der Waals surface area (Å²) in [6.45, 7) is 3.62. The third-order valence-electron chi connectivity index (χ3n) is 2.41. The lowest BCUT2D eigenvalue weighted by Gasteiger charge is -2.13. The van der Waals surface area contributed by atoms with E-state index in [2.05, 4.69) is 11.3 Å². The van der Waals surface area contributed by atoms with Crippen LogP contribution in [0.2, 0.25) is 0 Å². The Labute approximate surface area is 105 Å². The van der Waals surface area contributed by atoms with Crippen LogP contribution in [0.25, 0.3) is 5.57 Å². The molecule has 0 atom stereocenters. The van der Waals surface area contributed by atoms with E-state index in [0.717, 1.165) is 0 Å². The summed E-state index contributed by atoms with van der Waals surface area (Å²) in [5.74, 6) is -1.22. The number of ether oxygens (including phenoxy) is 2. The molecule has 0 saturated carbocycles. The first-order valence-corrected chi connectivity index (χ1v) is 5.16. The number of rotatable bonds is 5. The van der Waals surface area contributed by atoms with Crippen LogP contribution in [0.15, 0.2) is 24.8 Å². The number of hydrogen-bond donors (Lipinski definition) is 1. The van der Waals surface area contributed by atoms with Crippen LogP contribution in [-0.2, 0) is 20.7 Å². The summed E-state index contributed by atoms with van der Waals surface area (Å²) in [4.78, 5) is 22.3. The van der Waals surface area contributed by atoms with Gasteiger partial charge in [-0.1, -0.05) is 18.7 Å². The first-order chi connectivity index (χ1) is 8.51. The minimum absolute atomic E-state index is 0.0752. The number of carbonyl (C=O) groups excluding carboxylic acids is 1. The van der Waals surface area contributed by atoms with E-state index < -0.39 is 11.9 Å². The molecule has 0 aliphatic carbocycles. The van der Waals surface area contributed by atoms with E-state index in [-0.39, 0.29) is 12.0 Å². The van der Waals surface area contributed by atoms with Crippen LogP contribution in [0.1, 0.15) is 11.1 Å². The first kappa shape index (κ1) is 13.8. The number of aliphatic carboxylic acids is 1. The highest BCUT2D eigenvalue weighted by Gasteiger charge is 2.19. The highest BCUT2D eigenvalue weighted by Crippen LogP contribution is 2.29. The van der Waals surface area contributed by atoms with E-state index in [1.807, 2.05) is 0 Å².